The van der Waals surface area contributed by atoms with Crippen LogP contribution in [0.1, 0.15) is 16.1 Å². The molecule has 0 aliphatic carbocycles. The van der Waals surface area contributed by atoms with Crippen LogP contribution in [0.3, 0.4) is 0 Å². The van der Waals surface area contributed by atoms with E-state index >= 15 is 0 Å². The van der Waals surface area contributed by atoms with Crippen molar-refractivity contribution in [2.45, 2.75) is 11.3 Å². The number of thioether (sulfide) groups is 1. The number of aryl methyl sites for hydroxylation is 1. The van der Waals surface area contributed by atoms with Gasteiger partial charge in [0, 0.05) is 11.9 Å². The summed E-state index contributed by atoms with van der Waals surface area (Å²) >= 11 is 3.22. The van der Waals surface area contributed by atoms with Gasteiger partial charge in [0.25, 0.3) is 11.6 Å². The van der Waals surface area contributed by atoms with Gasteiger partial charge in [-0.2, -0.15) is 0 Å². The van der Waals surface area contributed by atoms with Gasteiger partial charge < -0.3 is 9.84 Å². The van der Waals surface area contributed by atoms with Crippen LogP contribution in [0, 0.1) is 6.92 Å². The Balaban J connectivity index is 1.63. The Hall–Kier alpha value is -2.45. The fourth-order valence-corrected chi connectivity index (χ4v) is 3.87. The number of amides is 1. The lowest BCUT2D eigenvalue weighted by atomic mass is 10.2. The van der Waals surface area contributed by atoms with Crippen LogP contribution in [-0.2, 0) is 0 Å². The minimum atomic E-state index is -0.223. The number of thiazole rings is 1. The Bertz CT molecular complexity index is 1070. The number of aromatic nitrogens is 3. The highest BCUT2D eigenvalue weighted by molar-refractivity contribution is 8.00. The SMILES string of the molecule is CSc1nc2ccc(NC(=O)c3cnc4onc(C)c4c3)cc2s1. The number of nitrogens with one attached hydrogen (secondary N) is 1. The molecule has 120 valence electrons. The van der Waals surface area contributed by atoms with Crippen LogP contribution in [0.5, 0.6) is 0 Å². The zero-order chi connectivity index (χ0) is 16.7. The van der Waals surface area contributed by atoms with Crippen LogP contribution < -0.4 is 5.32 Å². The molecule has 6 nitrogen and oxygen atoms in total. The molecule has 0 radical (unpaired) electrons. The van der Waals surface area contributed by atoms with Crippen molar-refractivity contribution in [2.75, 3.05) is 11.6 Å². The van der Waals surface area contributed by atoms with Gasteiger partial charge in [0.15, 0.2) is 4.34 Å². The lowest BCUT2D eigenvalue weighted by Crippen LogP contribution is -2.12. The van der Waals surface area contributed by atoms with Crippen molar-refractivity contribution in [2.24, 2.45) is 0 Å². The van der Waals surface area contributed by atoms with E-state index < -0.39 is 0 Å². The second kappa shape index (κ2) is 5.88. The van der Waals surface area contributed by atoms with Crippen LogP contribution in [0.2, 0.25) is 0 Å². The fraction of sp³-hybridized carbons (Fsp3) is 0.125. The molecule has 0 spiro atoms. The van der Waals surface area contributed by atoms with Crippen LogP contribution >= 0.6 is 23.1 Å². The summed E-state index contributed by atoms with van der Waals surface area (Å²) in [5.41, 5.74) is 3.27. The van der Waals surface area contributed by atoms with Gasteiger partial charge in [0.05, 0.1) is 26.9 Å². The van der Waals surface area contributed by atoms with Crippen LogP contribution in [0.25, 0.3) is 21.3 Å². The first-order chi connectivity index (χ1) is 11.6. The Morgan fingerprint density at radius 1 is 1.33 bits per heavy atom. The first-order valence-corrected chi connectivity index (χ1v) is 9.16. The molecule has 0 saturated heterocycles. The van der Waals surface area contributed by atoms with Crippen molar-refractivity contribution in [3.8, 4) is 0 Å². The summed E-state index contributed by atoms with van der Waals surface area (Å²) < 4.78 is 7.11. The van der Waals surface area contributed by atoms with Gasteiger partial charge in [-0.25, -0.2) is 9.97 Å². The molecule has 1 aromatic carbocycles. The molecule has 24 heavy (non-hydrogen) atoms. The first-order valence-electron chi connectivity index (χ1n) is 7.12. The molecule has 1 N–H and O–H groups in total. The number of anilines is 1. The highest BCUT2D eigenvalue weighted by atomic mass is 32.2. The maximum absolute atomic E-state index is 12.5. The largest absolute Gasteiger partial charge is 0.336 e. The van der Waals surface area contributed by atoms with Gasteiger partial charge >= 0.3 is 0 Å². The van der Waals surface area contributed by atoms with Gasteiger partial charge in [-0.15, -0.1) is 11.3 Å². The third kappa shape index (κ3) is 2.63. The summed E-state index contributed by atoms with van der Waals surface area (Å²) in [5.74, 6) is -0.223. The molecular formula is C16H12N4O2S2. The summed E-state index contributed by atoms with van der Waals surface area (Å²) in [6.45, 7) is 1.82. The van der Waals surface area contributed by atoms with E-state index in [1.165, 1.54) is 6.20 Å². The number of hydrogen-bond acceptors (Lipinski definition) is 7. The van der Waals surface area contributed by atoms with Crippen molar-refractivity contribution < 1.29 is 9.32 Å². The third-order valence-corrected chi connectivity index (χ3v) is 5.58. The number of fused-ring (bicyclic) bond motifs is 2. The highest BCUT2D eigenvalue weighted by Gasteiger charge is 2.12. The first kappa shape index (κ1) is 15.1. The molecule has 3 heterocycles. The standard InChI is InChI=1S/C16H12N4O2S2/c1-8-11-5-9(7-17-15(11)22-20-8)14(21)18-10-3-4-12-13(6-10)24-16(19-12)23-2/h3-7H,1-2H3,(H,18,21). The Morgan fingerprint density at radius 2 is 2.21 bits per heavy atom. The van der Waals surface area contributed by atoms with E-state index in [0.717, 1.165) is 25.6 Å². The smallest absolute Gasteiger partial charge is 0.257 e. The zero-order valence-electron chi connectivity index (χ0n) is 12.9. The minimum absolute atomic E-state index is 0.223. The Morgan fingerprint density at radius 3 is 3.04 bits per heavy atom. The van der Waals surface area contributed by atoms with Crippen LogP contribution in [0.15, 0.2) is 39.3 Å². The lowest BCUT2D eigenvalue weighted by molar-refractivity contribution is 0.102. The van der Waals surface area contributed by atoms with E-state index in [9.17, 15) is 4.79 Å². The summed E-state index contributed by atoms with van der Waals surface area (Å²) in [4.78, 5) is 21.1. The average molecular weight is 356 g/mol. The topological polar surface area (TPSA) is 80.9 Å². The number of pyridine rings is 1. The third-order valence-electron chi connectivity index (χ3n) is 3.57. The Kier molecular flexibility index (Phi) is 3.70. The van der Waals surface area contributed by atoms with Crippen molar-refractivity contribution in [3.63, 3.8) is 0 Å². The molecule has 1 amide bonds. The van der Waals surface area contributed by atoms with Crippen molar-refractivity contribution in [1.29, 1.82) is 0 Å². The lowest BCUT2D eigenvalue weighted by Gasteiger charge is -2.05. The number of rotatable bonds is 3. The number of hydrogen-bond donors (Lipinski definition) is 1. The maximum atomic E-state index is 12.5. The van der Waals surface area contributed by atoms with Crippen molar-refractivity contribution in [3.05, 3.63) is 41.7 Å². The van der Waals surface area contributed by atoms with E-state index in [0.29, 0.717) is 17.0 Å². The zero-order valence-corrected chi connectivity index (χ0v) is 14.5. The minimum Gasteiger partial charge on any atom is -0.336 e. The van der Waals surface area contributed by atoms with Gasteiger partial charge in [-0.3, -0.25) is 4.79 Å². The number of carbonyl (C=O) groups is 1. The van der Waals surface area contributed by atoms with Gasteiger partial charge in [-0.1, -0.05) is 16.9 Å². The second-order valence-electron chi connectivity index (χ2n) is 5.17. The molecular weight excluding hydrogens is 344 g/mol. The quantitative estimate of drug-likeness (QED) is 0.556. The average Bonchev–Trinajstić information content (AvgIpc) is 3.17. The number of benzene rings is 1. The monoisotopic (exact) mass is 356 g/mol. The predicted octanol–water partition coefficient (Wildman–Crippen LogP) is 4.12. The van der Waals surface area contributed by atoms with Crippen LogP contribution in [0.4, 0.5) is 5.69 Å². The molecule has 0 aliphatic rings. The molecule has 0 saturated carbocycles. The van der Waals surface area contributed by atoms with Crippen molar-refractivity contribution in [1.82, 2.24) is 15.1 Å². The molecule has 0 aliphatic heterocycles. The van der Waals surface area contributed by atoms with E-state index in [1.807, 2.05) is 31.4 Å². The second-order valence-corrected chi connectivity index (χ2v) is 7.25. The molecule has 0 unspecified atom stereocenters. The molecule has 8 heteroatoms. The summed E-state index contributed by atoms with van der Waals surface area (Å²) in [6.07, 6.45) is 3.48. The molecule has 4 rings (SSSR count). The molecule has 0 atom stereocenters. The van der Waals surface area contributed by atoms with Crippen molar-refractivity contribution >= 4 is 56.0 Å². The number of carbonyl (C=O) groups excluding carboxylic acids is 1. The predicted molar refractivity (Wildman–Crippen MR) is 95.9 cm³/mol. The fourth-order valence-electron chi connectivity index (χ4n) is 2.34. The highest BCUT2D eigenvalue weighted by Crippen LogP contribution is 2.30. The normalized spacial score (nSPS) is 11.2. The van der Waals surface area contributed by atoms with Gasteiger partial charge in [0.2, 0.25) is 0 Å². The molecule has 0 bridgehead atoms. The van der Waals surface area contributed by atoms with E-state index in [4.69, 9.17) is 4.52 Å². The summed E-state index contributed by atoms with van der Waals surface area (Å²) in [6, 6.07) is 7.43. The number of nitrogens with zero attached hydrogens (tertiary/aromatic N) is 3. The summed E-state index contributed by atoms with van der Waals surface area (Å²) in [5, 5.41) is 7.48. The molecule has 4 aromatic rings. The molecule has 3 aromatic heterocycles. The van der Waals surface area contributed by atoms with E-state index in [2.05, 4.69) is 20.4 Å². The van der Waals surface area contributed by atoms with Crippen LogP contribution in [-0.4, -0.2) is 27.3 Å². The summed E-state index contributed by atoms with van der Waals surface area (Å²) in [7, 11) is 0. The van der Waals surface area contributed by atoms with E-state index in [1.54, 1.807) is 29.2 Å². The maximum Gasteiger partial charge on any atom is 0.257 e. The van der Waals surface area contributed by atoms with E-state index in [-0.39, 0.29) is 5.91 Å². The van der Waals surface area contributed by atoms with Gasteiger partial charge in [-0.05, 0) is 37.4 Å². The molecule has 0 fully saturated rings. The van der Waals surface area contributed by atoms with Gasteiger partial charge in [0.1, 0.15) is 0 Å². The Labute approximate surface area is 145 Å².